The number of hydrogen-bond acceptors (Lipinski definition) is 6. The van der Waals surface area contributed by atoms with Crippen molar-refractivity contribution in [2.24, 2.45) is 0 Å². The first kappa shape index (κ1) is 28.6. The van der Waals surface area contributed by atoms with Gasteiger partial charge in [0.1, 0.15) is 6.04 Å². The van der Waals surface area contributed by atoms with E-state index in [1.54, 1.807) is 0 Å². The maximum absolute atomic E-state index is 12.6. The number of likely N-dealkylation sites (tertiary alicyclic amines) is 1. The fourth-order valence-electron chi connectivity index (χ4n) is 3.47. The molecule has 190 valence electrons. The number of nitrogens with zero attached hydrogens (tertiary/aromatic N) is 1. The molecule has 11 heteroatoms. The van der Waals surface area contributed by atoms with Crippen molar-refractivity contribution in [1.29, 1.82) is 0 Å². The van der Waals surface area contributed by atoms with Crippen molar-refractivity contribution >= 4 is 23.8 Å². The summed E-state index contributed by atoms with van der Waals surface area (Å²) in [6, 6.07) is -0.649. The molecule has 1 rings (SSSR count). The minimum absolute atomic E-state index is 0.0525. The fourth-order valence-corrected chi connectivity index (χ4v) is 3.47. The lowest BCUT2D eigenvalue weighted by Gasteiger charge is -2.24. The molecule has 6 N–H and O–H groups in total. The topological polar surface area (TPSA) is 144 Å². The minimum Gasteiger partial charge on any atom is -0.355 e. The Bertz CT molecular complexity index is 630. The molecule has 0 saturated carbocycles. The summed E-state index contributed by atoms with van der Waals surface area (Å²) >= 11 is 0. The van der Waals surface area contributed by atoms with Gasteiger partial charge in [0.05, 0.1) is 13.1 Å². The molecule has 1 aliphatic rings. The van der Waals surface area contributed by atoms with E-state index in [0.29, 0.717) is 38.5 Å². The molecule has 1 heterocycles. The largest absolute Gasteiger partial charge is 0.355 e. The SMILES string of the molecule is CCCNC(=O)CNC(=O)[C@@H]1CCCN1C(=O)CNC(=O)NC(CC)CNCCNC(C)C. The second-order valence-corrected chi connectivity index (χ2v) is 8.56. The van der Waals surface area contributed by atoms with Crippen molar-refractivity contribution in [3.05, 3.63) is 0 Å². The molecule has 0 aliphatic carbocycles. The van der Waals surface area contributed by atoms with E-state index < -0.39 is 12.1 Å². The summed E-state index contributed by atoms with van der Waals surface area (Å²) in [6.07, 6.45) is 2.81. The van der Waals surface area contributed by atoms with Gasteiger partial charge in [0, 0.05) is 44.8 Å². The summed E-state index contributed by atoms with van der Waals surface area (Å²) in [5.41, 5.74) is 0. The smallest absolute Gasteiger partial charge is 0.315 e. The number of hydrogen-bond donors (Lipinski definition) is 6. The predicted octanol–water partition coefficient (Wildman–Crippen LogP) is -0.715. The van der Waals surface area contributed by atoms with Gasteiger partial charge in [0.25, 0.3) is 0 Å². The Balaban J connectivity index is 2.36. The zero-order valence-corrected chi connectivity index (χ0v) is 20.6. The van der Waals surface area contributed by atoms with Crippen molar-refractivity contribution in [2.75, 3.05) is 45.8 Å². The van der Waals surface area contributed by atoms with Gasteiger partial charge in [-0.1, -0.05) is 27.7 Å². The molecule has 1 unspecified atom stereocenters. The molecular weight excluding hydrogens is 426 g/mol. The van der Waals surface area contributed by atoms with Crippen molar-refractivity contribution in [1.82, 2.24) is 36.8 Å². The van der Waals surface area contributed by atoms with E-state index in [0.717, 1.165) is 25.9 Å². The first-order chi connectivity index (χ1) is 15.8. The van der Waals surface area contributed by atoms with Gasteiger partial charge in [0.15, 0.2) is 0 Å². The second kappa shape index (κ2) is 16.2. The Hall–Kier alpha value is -2.40. The van der Waals surface area contributed by atoms with Crippen LogP contribution in [0.1, 0.15) is 53.4 Å². The van der Waals surface area contributed by atoms with Gasteiger partial charge in [-0.3, -0.25) is 14.4 Å². The van der Waals surface area contributed by atoms with Crippen LogP contribution in [-0.2, 0) is 14.4 Å². The Morgan fingerprint density at radius 2 is 1.73 bits per heavy atom. The molecule has 0 aromatic carbocycles. The first-order valence-corrected chi connectivity index (χ1v) is 12.1. The average Bonchev–Trinajstić information content (AvgIpc) is 3.28. The van der Waals surface area contributed by atoms with Crippen LogP contribution in [0.3, 0.4) is 0 Å². The highest BCUT2D eigenvalue weighted by molar-refractivity contribution is 5.92. The number of carbonyl (C=O) groups is 4. The monoisotopic (exact) mass is 469 g/mol. The van der Waals surface area contributed by atoms with Gasteiger partial charge in [-0.2, -0.15) is 0 Å². The molecular formula is C22H43N7O4. The van der Waals surface area contributed by atoms with E-state index in [1.165, 1.54) is 4.90 Å². The maximum Gasteiger partial charge on any atom is 0.315 e. The average molecular weight is 470 g/mol. The lowest BCUT2D eigenvalue weighted by atomic mass is 10.2. The summed E-state index contributed by atoms with van der Waals surface area (Å²) in [7, 11) is 0. The normalized spacial score (nSPS) is 16.4. The number of rotatable bonds is 15. The van der Waals surface area contributed by atoms with Crippen LogP contribution >= 0.6 is 0 Å². The Morgan fingerprint density at radius 3 is 2.39 bits per heavy atom. The Kier molecular flexibility index (Phi) is 14.1. The van der Waals surface area contributed by atoms with Crippen molar-refractivity contribution in [2.45, 2.75) is 71.5 Å². The second-order valence-electron chi connectivity index (χ2n) is 8.56. The molecule has 0 radical (unpaired) electrons. The summed E-state index contributed by atoms with van der Waals surface area (Å²) in [5, 5.41) is 17.4. The van der Waals surface area contributed by atoms with Crippen LogP contribution in [0, 0.1) is 0 Å². The standard InChI is InChI=1S/C22H43N7O4/c1-5-9-25-19(30)14-26-21(32)18-8-7-12-29(18)20(31)15-27-22(33)28-17(6-2)13-23-10-11-24-16(3)4/h16-18,23-24H,5-15H2,1-4H3,(H,25,30)(H,26,32)(H2,27,28,33)/t17?,18-/m0/s1. The number of amides is 5. The van der Waals surface area contributed by atoms with E-state index in [9.17, 15) is 19.2 Å². The van der Waals surface area contributed by atoms with Crippen molar-refractivity contribution < 1.29 is 19.2 Å². The summed E-state index contributed by atoms with van der Waals surface area (Å²) in [5.74, 6) is -0.916. The van der Waals surface area contributed by atoms with Crippen LogP contribution < -0.4 is 31.9 Å². The summed E-state index contributed by atoms with van der Waals surface area (Å²) in [6.45, 7) is 11.1. The maximum atomic E-state index is 12.6. The van der Waals surface area contributed by atoms with E-state index in [1.807, 2.05) is 13.8 Å². The predicted molar refractivity (Wildman–Crippen MR) is 128 cm³/mol. The number of urea groups is 1. The lowest BCUT2D eigenvalue weighted by Crippen LogP contribution is -2.52. The fraction of sp³-hybridized carbons (Fsp3) is 0.818. The Labute approximate surface area is 197 Å². The molecule has 5 amide bonds. The van der Waals surface area contributed by atoms with Crippen LogP contribution in [0.15, 0.2) is 0 Å². The third-order valence-corrected chi connectivity index (χ3v) is 5.34. The van der Waals surface area contributed by atoms with E-state index in [2.05, 4.69) is 45.7 Å². The van der Waals surface area contributed by atoms with Crippen LogP contribution in [-0.4, -0.2) is 92.6 Å². The third kappa shape index (κ3) is 11.9. The lowest BCUT2D eigenvalue weighted by molar-refractivity contribution is -0.138. The van der Waals surface area contributed by atoms with Gasteiger partial charge in [0.2, 0.25) is 17.7 Å². The first-order valence-electron chi connectivity index (χ1n) is 12.1. The summed E-state index contributed by atoms with van der Waals surface area (Å²) in [4.78, 5) is 50.4. The Morgan fingerprint density at radius 1 is 0.970 bits per heavy atom. The number of carbonyl (C=O) groups excluding carboxylic acids is 4. The van der Waals surface area contributed by atoms with Crippen LogP contribution in [0.2, 0.25) is 0 Å². The molecule has 11 nitrogen and oxygen atoms in total. The molecule has 1 fully saturated rings. The molecule has 1 aliphatic heterocycles. The van der Waals surface area contributed by atoms with Gasteiger partial charge in [-0.15, -0.1) is 0 Å². The van der Waals surface area contributed by atoms with Crippen molar-refractivity contribution in [3.63, 3.8) is 0 Å². The van der Waals surface area contributed by atoms with Gasteiger partial charge in [-0.25, -0.2) is 4.79 Å². The van der Waals surface area contributed by atoms with Crippen LogP contribution in [0.5, 0.6) is 0 Å². The zero-order chi connectivity index (χ0) is 24.6. The highest BCUT2D eigenvalue weighted by atomic mass is 16.2. The quantitative estimate of drug-likeness (QED) is 0.175. The molecule has 0 spiro atoms. The molecule has 33 heavy (non-hydrogen) atoms. The van der Waals surface area contributed by atoms with Gasteiger partial charge >= 0.3 is 6.03 Å². The van der Waals surface area contributed by atoms with Crippen molar-refractivity contribution in [3.8, 4) is 0 Å². The van der Waals surface area contributed by atoms with E-state index >= 15 is 0 Å². The highest BCUT2D eigenvalue weighted by Crippen LogP contribution is 2.17. The third-order valence-electron chi connectivity index (χ3n) is 5.34. The summed E-state index contributed by atoms with van der Waals surface area (Å²) < 4.78 is 0. The van der Waals surface area contributed by atoms with E-state index in [-0.39, 0.29) is 36.9 Å². The zero-order valence-electron chi connectivity index (χ0n) is 20.6. The number of nitrogens with one attached hydrogen (secondary N) is 6. The van der Waals surface area contributed by atoms with Gasteiger partial charge in [-0.05, 0) is 25.7 Å². The van der Waals surface area contributed by atoms with E-state index in [4.69, 9.17) is 0 Å². The molecule has 0 aromatic rings. The van der Waals surface area contributed by atoms with Gasteiger partial charge < -0.3 is 36.8 Å². The van der Waals surface area contributed by atoms with Crippen LogP contribution in [0.25, 0.3) is 0 Å². The molecule has 2 atom stereocenters. The molecule has 0 aromatic heterocycles. The molecule has 1 saturated heterocycles. The minimum atomic E-state index is -0.617. The van der Waals surface area contributed by atoms with Crippen LogP contribution in [0.4, 0.5) is 4.79 Å². The highest BCUT2D eigenvalue weighted by Gasteiger charge is 2.34. The molecule has 0 bridgehead atoms.